The van der Waals surface area contributed by atoms with Crippen LogP contribution in [0.2, 0.25) is 0 Å². The highest BCUT2D eigenvalue weighted by atomic mass is 32.2. The van der Waals surface area contributed by atoms with Gasteiger partial charge in [0, 0.05) is 10.9 Å². The van der Waals surface area contributed by atoms with Crippen LogP contribution in [0.5, 0.6) is 5.75 Å². The fraction of sp³-hybridized carbons (Fsp3) is 0.158. The number of methoxy groups -OCH3 is 1. The Labute approximate surface area is 161 Å². The van der Waals surface area contributed by atoms with Gasteiger partial charge in [0.2, 0.25) is 0 Å². The van der Waals surface area contributed by atoms with E-state index < -0.39 is 15.7 Å². The highest BCUT2D eigenvalue weighted by Gasteiger charge is 2.21. The van der Waals surface area contributed by atoms with E-state index in [9.17, 15) is 13.2 Å². The van der Waals surface area contributed by atoms with Gasteiger partial charge in [0.15, 0.2) is 15.0 Å². The second-order valence-corrected chi connectivity index (χ2v) is 8.72. The minimum absolute atomic E-state index is 0.0249. The minimum Gasteiger partial charge on any atom is -0.497 e. The van der Waals surface area contributed by atoms with E-state index in [1.54, 1.807) is 26.2 Å². The van der Waals surface area contributed by atoms with Gasteiger partial charge < -0.3 is 4.74 Å². The first-order valence-corrected chi connectivity index (χ1v) is 10.7. The number of sulfone groups is 1. The van der Waals surface area contributed by atoms with Crippen LogP contribution in [0, 0.1) is 0 Å². The van der Waals surface area contributed by atoms with E-state index in [0.717, 1.165) is 11.3 Å². The number of thiazole rings is 1. The summed E-state index contributed by atoms with van der Waals surface area (Å²) < 4.78 is 29.6. The van der Waals surface area contributed by atoms with Crippen LogP contribution in [0.25, 0.3) is 11.3 Å². The number of nitrogens with zero attached hydrogens (tertiary/aromatic N) is 1. The number of ether oxygens (including phenoxy) is 1. The van der Waals surface area contributed by atoms with Crippen LogP contribution >= 0.6 is 11.3 Å². The fourth-order valence-electron chi connectivity index (χ4n) is 2.47. The summed E-state index contributed by atoms with van der Waals surface area (Å²) in [5.41, 5.74) is 1.72. The number of rotatable bonds is 6. The monoisotopic (exact) mass is 402 g/mol. The van der Waals surface area contributed by atoms with Crippen LogP contribution in [0.4, 0.5) is 5.13 Å². The SMILES string of the molecule is CCS(=O)(=O)c1ccccc1C(=O)Nc1nc(-c2ccc(OC)cc2)cs1. The summed E-state index contributed by atoms with van der Waals surface area (Å²) >= 11 is 1.27. The average Bonchev–Trinajstić information content (AvgIpc) is 3.16. The summed E-state index contributed by atoms with van der Waals surface area (Å²) in [6.07, 6.45) is 0. The van der Waals surface area contributed by atoms with Gasteiger partial charge in [-0.1, -0.05) is 19.1 Å². The van der Waals surface area contributed by atoms with E-state index >= 15 is 0 Å². The molecule has 1 N–H and O–H groups in total. The Kier molecular flexibility index (Phi) is 5.57. The molecule has 0 spiro atoms. The number of carbonyl (C=O) groups excluding carboxylic acids is 1. The lowest BCUT2D eigenvalue weighted by Gasteiger charge is -2.08. The summed E-state index contributed by atoms with van der Waals surface area (Å²) in [6.45, 7) is 1.55. The Morgan fingerprint density at radius 2 is 1.85 bits per heavy atom. The molecule has 0 atom stereocenters. The van der Waals surface area contributed by atoms with Crippen LogP contribution < -0.4 is 10.1 Å². The fourth-order valence-corrected chi connectivity index (χ4v) is 4.28. The Hall–Kier alpha value is -2.71. The van der Waals surface area contributed by atoms with Crippen molar-refractivity contribution in [2.24, 2.45) is 0 Å². The lowest BCUT2D eigenvalue weighted by Crippen LogP contribution is -2.17. The van der Waals surface area contributed by atoms with Crippen molar-refractivity contribution in [3.8, 4) is 17.0 Å². The second kappa shape index (κ2) is 7.89. The van der Waals surface area contributed by atoms with E-state index in [2.05, 4.69) is 10.3 Å². The molecule has 0 fully saturated rings. The predicted octanol–water partition coefficient (Wildman–Crippen LogP) is 3.86. The first-order chi connectivity index (χ1) is 12.9. The molecule has 27 heavy (non-hydrogen) atoms. The maximum Gasteiger partial charge on any atom is 0.258 e. The normalized spacial score (nSPS) is 11.2. The van der Waals surface area contributed by atoms with Gasteiger partial charge in [0.05, 0.1) is 29.0 Å². The Morgan fingerprint density at radius 1 is 1.15 bits per heavy atom. The smallest absolute Gasteiger partial charge is 0.258 e. The van der Waals surface area contributed by atoms with Gasteiger partial charge in [0.25, 0.3) is 5.91 Å². The highest BCUT2D eigenvalue weighted by Crippen LogP contribution is 2.27. The van der Waals surface area contributed by atoms with Crippen molar-refractivity contribution in [2.75, 3.05) is 18.2 Å². The van der Waals surface area contributed by atoms with E-state index in [1.165, 1.54) is 23.5 Å². The predicted molar refractivity (Wildman–Crippen MR) is 106 cm³/mol. The molecule has 0 radical (unpaired) electrons. The summed E-state index contributed by atoms with van der Waals surface area (Å²) in [5.74, 6) is 0.172. The van der Waals surface area contributed by atoms with E-state index in [-0.39, 0.29) is 16.2 Å². The molecule has 0 saturated heterocycles. The van der Waals surface area contributed by atoms with Crippen molar-refractivity contribution in [1.82, 2.24) is 4.98 Å². The number of aromatic nitrogens is 1. The molecule has 140 valence electrons. The zero-order valence-corrected chi connectivity index (χ0v) is 16.4. The molecule has 1 aromatic heterocycles. The maximum atomic E-state index is 12.6. The topological polar surface area (TPSA) is 85.4 Å². The Balaban J connectivity index is 1.83. The molecule has 8 heteroatoms. The largest absolute Gasteiger partial charge is 0.497 e. The van der Waals surface area contributed by atoms with Gasteiger partial charge >= 0.3 is 0 Å². The lowest BCUT2D eigenvalue weighted by molar-refractivity contribution is 0.102. The molecule has 0 aliphatic carbocycles. The van der Waals surface area contributed by atoms with Gasteiger partial charge in [-0.25, -0.2) is 13.4 Å². The van der Waals surface area contributed by atoms with Crippen molar-refractivity contribution in [3.63, 3.8) is 0 Å². The minimum atomic E-state index is -3.50. The van der Waals surface area contributed by atoms with Crippen LogP contribution in [0.3, 0.4) is 0 Å². The van der Waals surface area contributed by atoms with Crippen molar-refractivity contribution in [3.05, 3.63) is 59.5 Å². The molecule has 0 aliphatic rings. The number of amides is 1. The quantitative estimate of drug-likeness (QED) is 0.677. The zero-order valence-electron chi connectivity index (χ0n) is 14.8. The van der Waals surface area contributed by atoms with Crippen molar-refractivity contribution in [2.45, 2.75) is 11.8 Å². The van der Waals surface area contributed by atoms with Crippen LogP contribution in [0.15, 0.2) is 58.8 Å². The number of benzene rings is 2. The molecule has 1 heterocycles. The van der Waals surface area contributed by atoms with Crippen LogP contribution in [-0.2, 0) is 9.84 Å². The summed E-state index contributed by atoms with van der Waals surface area (Å²) in [6, 6.07) is 13.6. The zero-order chi connectivity index (χ0) is 19.4. The first kappa shape index (κ1) is 19.1. The number of hydrogen-bond acceptors (Lipinski definition) is 6. The molecule has 3 aromatic rings. The van der Waals surface area contributed by atoms with Gasteiger partial charge in [-0.3, -0.25) is 10.1 Å². The van der Waals surface area contributed by atoms with Crippen molar-refractivity contribution in [1.29, 1.82) is 0 Å². The van der Waals surface area contributed by atoms with Crippen LogP contribution in [-0.4, -0.2) is 32.2 Å². The number of anilines is 1. The third-order valence-electron chi connectivity index (χ3n) is 3.96. The average molecular weight is 402 g/mol. The summed E-state index contributed by atoms with van der Waals surface area (Å²) in [5, 5.41) is 4.91. The van der Waals surface area contributed by atoms with Gasteiger partial charge in [-0.05, 0) is 36.4 Å². The molecule has 2 aromatic carbocycles. The number of nitrogens with one attached hydrogen (secondary N) is 1. The van der Waals surface area contributed by atoms with E-state index in [0.29, 0.717) is 10.8 Å². The Bertz CT molecular complexity index is 1060. The van der Waals surface area contributed by atoms with Gasteiger partial charge in [-0.15, -0.1) is 11.3 Å². The van der Waals surface area contributed by atoms with E-state index in [4.69, 9.17) is 4.74 Å². The molecular formula is C19H18N2O4S2. The standard InChI is InChI=1S/C19H18N2O4S2/c1-3-27(23,24)17-7-5-4-6-15(17)18(22)21-19-20-16(12-26-19)13-8-10-14(25-2)11-9-13/h4-12H,3H2,1-2H3,(H,20,21,22). The maximum absolute atomic E-state index is 12.6. The first-order valence-electron chi connectivity index (χ1n) is 8.17. The number of hydrogen-bond donors (Lipinski definition) is 1. The molecule has 1 amide bonds. The Morgan fingerprint density at radius 3 is 2.52 bits per heavy atom. The summed E-state index contributed by atoms with van der Waals surface area (Å²) in [4.78, 5) is 17.0. The molecule has 0 aliphatic heterocycles. The lowest BCUT2D eigenvalue weighted by atomic mass is 10.2. The highest BCUT2D eigenvalue weighted by molar-refractivity contribution is 7.91. The molecule has 0 unspecified atom stereocenters. The molecule has 3 rings (SSSR count). The number of carbonyl (C=O) groups is 1. The molecule has 0 bridgehead atoms. The molecule has 0 saturated carbocycles. The van der Waals surface area contributed by atoms with Crippen LogP contribution in [0.1, 0.15) is 17.3 Å². The van der Waals surface area contributed by atoms with E-state index in [1.807, 2.05) is 29.6 Å². The summed E-state index contributed by atoms with van der Waals surface area (Å²) in [7, 11) is -1.90. The third kappa shape index (κ3) is 4.17. The molecule has 6 nitrogen and oxygen atoms in total. The van der Waals surface area contributed by atoms with Crippen molar-refractivity contribution < 1.29 is 17.9 Å². The molecular weight excluding hydrogens is 384 g/mol. The third-order valence-corrected chi connectivity index (χ3v) is 6.50. The van der Waals surface area contributed by atoms with Gasteiger partial charge in [0.1, 0.15) is 5.75 Å². The van der Waals surface area contributed by atoms with Gasteiger partial charge in [-0.2, -0.15) is 0 Å². The second-order valence-electron chi connectivity index (χ2n) is 5.62. The van der Waals surface area contributed by atoms with Crippen molar-refractivity contribution >= 4 is 32.2 Å².